The largest absolute Gasteiger partial charge is 0.380 e. The summed E-state index contributed by atoms with van der Waals surface area (Å²) in [6, 6.07) is 3.21. The first kappa shape index (κ1) is 12.9. The van der Waals surface area contributed by atoms with E-state index in [1.54, 1.807) is 12.1 Å². The van der Waals surface area contributed by atoms with E-state index >= 15 is 0 Å². The predicted molar refractivity (Wildman–Crippen MR) is 62.3 cm³/mol. The number of carbonyl (C=O) groups is 1. The number of nitrogens with two attached hydrogens (primary N) is 1. The zero-order chi connectivity index (χ0) is 12.0. The highest BCUT2D eigenvalue weighted by molar-refractivity contribution is 6.30. The molecule has 1 atom stereocenters. The molecular weight excluding hydrogens is 230 g/mol. The highest BCUT2D eigenvalue weighted by Gasteiger charge is 2.11. The van der Waals surface area contributed by atoms with Crippen molar-refractivity contribution in [1.29, 1.82) is 0 Å². The van der Waals surface area contributed by atoms with Crippen LogP contribution in [0.4, 0.5) is 5.82 Å². The lowest BCUT2D eigenvalue weighted by atomic mass is 10.2. The van der Waals surface area contributed by atoms with Crippen LogP contribution in [0.15, 0.2) is 18.3 Å². The number of rotatable bonds is 5. The molecule has 0 spiro atoms. The fourth-order valence-electron chi connectivity index (χ4n) is 1.14. The normalized spacial score (nSPS) is 12.2. The third-order valence-corrected chi connectivity index (χ3v) is 2.23. The van der Waals surface area contributed by atoms with Crippen molar-refractivity contribution in [3.63, 3.8) is 0 Å². The fraction of sp³-hybridized carbons (Fsp3) is 0.400. The van der Waals surface area contributed by atoms with Gasteiger partial charge in [-0.25, -0.2) is 4.98 Å². The topological polar surface area (TPSA) is 77.2 Å². The van der Waals surface area contributed by atoms with E-state index in [-0.39, 0.29) is 18.4 Å². The SMILES string of the molecule is COC(CN)CC(=O)Nc1cc(Cl)ccn1. The van der Waals surface area contributed by atoms with Gasteiger partial charge in [-0.3, -0.25) is 4.79 Å². The summed E-state index contributed by atoms with van der Waals surface area (Å²) in [6.45, 7) is 0.299. The van der Waals surface area contributed by atoms with Gasteiger partial charge in [0.2, 0.25) is 5.91 Å². The second kappa shape index (κ2) is 6.42. The zero-order valence-electron chi connectivity index (χ0n) is 8.94. The number of hydrogen-bond donors (Lipinski definition) is 2. The van der Waals surface area contributed by atoms with Crippen molar-refractivity contribution >= 4 is 23.3 Å². The summed E-state index contributed by atoms with van der Waals surface area (Å²) < 4.78 is 5.00. The summed E-state index contributed by atoms with van der Waals surface area (Å²) in [6.07, 6.45) is 1.44. The van der Waals surface area contributed by atoms with Gasteiger partial charge in [0.25, 0.3) is 0 Å². The lowest BCUT2D eigenvalue weighted by Crippen LogP contribution is -2.28. The number of anilines is 1. The van der Waals surface area contributed by atoms with Crippen LogP contribution in [0.5, 0.6) is 0 Å². The molecule has 0 aliphatic rings. The molecule has 0 bridgehead atoms. The van der Waals surface area contributed by atoms with E-state index in [4.69, 9.17) is 22.1 Å². The molecule has 0 fully saturated rings. The summed E-state index contributed by atoms with van der Waals surface area (Å²) in [5.41, 5.74) is 5.41. The minimum absolute atomic E-state index is 0.196. The molecule has 0 aliphatic heterocycles. The van der Waals surface area contributed by atoms with Crippen LogP contribution in [0.3, 0.4) is 0 Å². The number of amides is 1. The monoisotopic (exact) mass is 243 g/mol. The van der Waals surface area contributed by atoms with Crippen LogP contribution < -0.4 is 11.1 Å². The van der Waals surface area contributed by atoms with E-state index in [0.717, 1.165) is 0 Å². The summed E-state index contributed by atoms with van der Waals surface area (Å²) in [4.78, 5) is 15.5. The number of methoxy groups -OCH3 is 1. The fourth-order valence-corrected chi connectivity index (χ4v) is 1.30. The van der Waals surface area contributed by atoms with Crippen LogP contribution >= 0.6 is 11.6 Å². The molecule has 0 saturated carbocycles. The molecule has 0 aromatic carbocycles. The Balaban J connectivity index is 2.51. The molecule has 1 unspecified atom stereocenters. The molecule has 1 amide bonds. The number of halogens is 1. The van der Waals surface area contributed by atoms with Crippen molar-refractivity contribution < 1.29 is 9.53 Å². The van der Waals surface area contributed by atoms with Gasteiger partial charge in [-0.1, -0.05) is 11.6 Å². The van der Waals surface area contributed by atoms with Crippen LogP contribution in [0, 0.1) is 0 Å². The Morgan fingerprint density at radius 1 is 1.75 bits per heavy atom. The molecule has 1 rings (SSSR count). The Bertz CT molecular complexity index is 356. The minimum Gasteiger partial charge on any atom is -0.380 e. The van der Waals surface area contributed by atoms with Crippen molar-refractivity contribution in [3.8, 4) is 0 Å². The van der Waals surface area contributed by atoms with Crippen LogP contribution in [-0.4, -0.2) is 30.6 Å². The second-order valence-electron chi connectivity index (χ2n) is 3.21. The summed E-state index contributed by atoms with van der Waals surface area (Å²) in [7, 11) is 1.52. The molecule has 6 heteroatoms. The molecule has 88 valence electrons. The summed E-state index contributed by atoms with van der Waals surface area (Å²) in [5, 5.41) is 3.13. The molecule has 1 aromatic heterocycles. The smallest absolute Gasteiger partial charge is 0.228 e. The van der Waals surface area contributed by atoms with E-state index in [1.165, 1.54) is 13.3 Å². The number of nitrogens with zero attached hydrogens (tertiary/aromatic N) is 1. The van der Waals surface area contributed by atoms with E-state index in [0.29, 0.717) is 17.4 Å². The maximum Gasteiger partial charge on any atom is 0.228 e. The Morgan fingerprint density at radius 3 is 3.06 bits per heavy atom. The lowest BCUT2D eigenvalue weighted by Gasteiger charge is -2.12. The van der Waals surface area contributed by atoms with E-state index in [9.17, 15) is 4.79 Å². The first-order valence-corrected chi connectivity index (χ1v) is 5.17. The molecule has 3 N–H and O–H groups in total. The predicted octanol–water partition coefficient (Wildman–Crippen LogP) is 1.04. The Morgan fingerprint density at radius 2 is 2.50 bits per heavy atom. The van der Waals surface area contributed by atoms with Gasteiger partial charge in [0.05, 0.1) is 12.5 Å². The minimum atomic E-state index is -0.279. The van der Waals surface area contributed by atoms with Crippen molar-refractivity contribution in [3.05, 3.63) is 23.4 Å². The summed E-state index contributed by atoms with van der Waals surface area (Å²) in [5.74, 6) is 0.219. The molecular formula is C10H14ClN3O2. The first-order valence-electron chi connectivity index (χ1n) is 4.80. The quantitative estimate of drug-likeness (QED) is 0.810. The van der Waals surface area contributed by atoms with E-state index in [2.05, 4.69) is 10.3 Å². The Labute approximate surface area is 98.9 Å². The third kappa shape index (κ3) is 4.14. The lowest BCUT2D eigenvalue weighted by molar-refractivity contribution is -0.118. The number of pyridine rings is 1. The number of carbonyl (C=O) groups excluding carboxylic acids is 1. The number of ether oxygens (including phenoxy) is 1. The number of nitrogens with one attached hydrogen (secondary N) is 1. The first-order chi connectivity index (χ1) is 7.65. The highest BCUT2D eigenvalue weighted by Crippen LogP contribution is 2.12. The molecule has 16 heavy (non-hydrogen) atoms. The van der Waals surface area contributed by atoms with Gasteiger partial charge in [-0.15, -0.1) is 0 Å². The van der Waals surface area contributed by atoms with Gasteiger partial charge in [0.1, 0.15) is 5.82 Å². The van der Waals surface area contributed by atoms with Gasteiger partial charge < -0.3 is 15.8 Å². The molecule has 1 heterocycles. The van der Waals surface area contributed by atoms with Crippen molar-refractivity contribution in [2.45, 2.75) is 12.5 Å². The molecule has 5 nitrogen and oxygen atoms in total. The number of hydrogen-bond acceptors (Lipinski definition) is 4. The van der Waals surface area contributed by atoms with Gasteiger partial charge in [0, 0.05) is 24.9 Å². The molecule has 1 aromatic rings. The van der Waals surface area contributed by atoms with Gasteiger partial charge >= 0.3 is 0 Å². The number of aromatic nitrogens is 1. The molecule has 0 saturated heterocycles. The highest BCUT2D eigenvalue weighted by atomic mass is 35.5. The Hall–Kier alpha value is -1.17. The van der Waals surface area contributed by atoms with Crippen LogP contribution in [0.1, 0.15) is 6.42 Å². The maximum absolute atomic E-state index is 11.5. The zero-order valence-corrected chi connectivity index (χ0v) is 9.70. The third-order valence-electron chi connectivity index (χ3n) is 2.00. The average Bonchev–Trinajstić information content (AvgIpc) is 2.26. The maximum atomic E-state index is 11.5. The van der Waals surface area contributed by atoms with Crippen molar-refractivity contribution in [2.75, 3.05) is 19.0 Å². The molecule has 0 radical (unpaired) electrons. The Kier molecular flexibility index (Phi) is 5.18. The van der Waals surface area contributed by atoms with E-state index < -0.39 is 0 Å². The van der Waals surface area contributed by atoms with Gasteiger partial charge in [-0.2, -0.15) is 0 Å². The molecule has 0 aliphatic carbocycles. The van der Waals surface area contributed by atoms with Crippen LogP contribution in [-0.2, 0) is 9.53 Å². The van der Waals surface area contributed by atoms with Crippen LogP contribution in [0.25, 0.3) is 0 Å². The van der Waals surface area contributed by atoms with Gasteiger partial charge in [-0.05, 0) is 12.1 Å². The van der Waals surface area contributed by atoms with E-state index in [1.807, 2.05) is 0 Å². The van der Waals surface area contributed by atoms with Crippen molar-refractivity contribution in [1.82, 2.24) is 4.98 Å². The second-order valence-corrected chi connectivity index (χ2v) is 3.64. The van der Waals surface area contributed by atoms with Gasteiger partial charge in [0.15, 0.2) is 0 Å². The summed E-state index contributed by atoms with van der Waals surface area (Å²) >= 11 is 5.75. The van der Waals surface area contributed by atoms with Crippen LogP contribution in [0.2, 0.25) is 5.02 Å². The standard InChI is InChI=1S/C10H14ClN3O2/c1-16-8(6-12)5-10(15)14-9-4-7(11)2-3-13-9/h2-4,8H,5-6,12H2,1H3,(H,13,14,15). The van der Waals surface area contributed by atoms with Crippen molar-refractivity contribution in [2.24, 2.45) is 5.73 Å². The average molecular weight is 244 g/mol.